The number of benzene rings is 2. The minimum atomic E-state index is -0.858. The van der Waals surface area contributed by atoms with Crippen LogP contribution in [0.25, 0.3) is 0 Å². The van der Waals surface area contributed by atoms with Gasteiger partial charge in [-0.2, -0.15) is 5.10 Å². The third kappa shape index (κ3) is 10.1. The third-order valence-corrected chi connectivity index (χ3v) is 4.27. The van der Waals surface area contributed by atoms with Gasteiger partial charge in [-0.15, -0.1) is 0 Å². The van der Waals surface area contributed by atoms with Gasteiger partial charge < -0.3 is 24.8 Å². The van der Waals surface area contributed by atoms with Gasteiger partial charge in [0.25, 0.3) is 5.91 Å². The molecular weight excluding hydrogens is 440 g/mol. The Bertz CT molecular complexity index is 958. The van der Waals surface area contributed by atoms with Gasteiger partial charge in [-0.25, -0.2) is 5.43 Å². The van der Waals surface area contributed by atoms with Crippen molar-refractivity contribution in [2.75, 3.05) is 32.2 Å². The normalized spacial score (nSPS) is 10.7. The minimum Gasteiger partial charge on any atom is -0.497 e. The number of hydrogen-bond acceptors (Lipinski definition) is 7. The number of methoxy groups -OCH3 is 1. The fourth-order valence-electron chi connectivity index (χ4n) is 2.56. The molecule has 0 radical (unpaired) electrons. The number of rotatable bonds is 12. The van der Waals surface area contributed by atoms with Gasteiger partial charge in [0, 0.05) is 18.8 Å². The van der Waals surface area contributed by atoms with Crippen LogP contribution in [0.1, 0.15) is 25.8 Å². The molecule has 3 N–H and O–H groups in total. The molecule has 10 heteroatoms. The van der Waals surface area contributed by atoms with E-state index in [0.29, 0.717) is 42.3 Å². The molecule has 0 atom stereocenters. The number of anilines is 1. The molecular formula is C24H30N4O6. The maximum Gasteiger partial charge on any atom is 0.329 e. The van der Waals surface area contributed by atoms with Crippen molar-refractivity contribution in [3.05, 3.63) is 54.1 Å². The molecule has 2 aromatic rings. The molecule has 0 aromatic heterocycles. The molecule has 0 bridgehead atoms. The van der Waals surface area contributed by atoms with E-state index in [1.165, 1.54) is 6.21 Å². The third-order valence-electron chi connectivity index (χ3n) is 4.27. The van der Waals surface area contributed by atoms with Gasteiger partial charge in [-0.05, 0) is 74.4 Å². The number of nitrogens with one attached hydrogen (secondary N) is 3. The standard InChI is InChI=1S/C24H30N4O6/c1-17(2)33-14-4-13-25-23(30)24(31)28-26-15-18-5-9-21(10-6-18)34-16-22(29)27-19-7-11-20(32-3)12-8-19/h5-12,15,17H,4,13-14,16H2,1-3H3,(H,25,30)(H,27,29)(H,28,31)/b26-15-. The predicted molar refractivity (Wildman–Crippen MR) is 128 cm³/mol. The second-order valence-corrected chi connectivity index (χ2v) is 7.36. The Hall–Kier alpha value is -3.92. The van der Waals surface area contributed by atoms with Crippen LogP contribution in [0.2, 0.25) is 0 Å². The molecule has 182 valence electrons. The summed E-state index contributed by atoms with van der Waals surface area (Å²) in [6, 6.07) is 13.7. The summed E-state index contributed by atoms with van der Waals surface area (Å²) in [6.45, 7) is 4.53. The van der Waals surface area contributed by atoms with Gasteiger partial charge in [-0.3, -0.25) is 14.4 Å². The Morgan fingerprint density at radius 3 is 2.29 bits per heavy atom. The number of nitrogens with zero attached hydrogens (tertiary/aromatic N) is 1. The highest BCUT2D eigenvalue weighted by molar-refractivity contribution is 6.35. The van der Waals surface area contributed by atoms with Crippen molar-refractivity contribution in [2.24, 2.45) is 5.10 Å². The summed E-state index contributed by atoms with van der Waals surface area (Å²) in [7, 11) is 1.57. The Labute approximate surface area is 198 Å². The van der Waals surface area contributed by atoms with Crippen molar-refractivity contribution >= 4 is 29.6 Å². The smallest absolute Gasteiger partial charge is 0.329 e. The van der Waals surface area contributed by atoms with Gasteiger partial charge in [0.2, 0.25) is 0 Å². The van der Waals surface area contributed by atoms with Gasteiger partial charge in [0.05, 0.1) is 19.4 Å². The van der Waals surface area contributed by atoms with Crippen molar-refractivity contribution in [3.8, 4) is 11.5 Å². The van der Waals surface area contributed by atoms with Crippen LogP contribution in [0.4, 0.5) is 5.69 Å². The highest BCUT2D eigenvalue weighted by Gasteiger charge is 2.11. The monoisotopic (exact) mass is 470 g/mol. The predicted octanol–water partition coefficient (Wildman–Crippen LogP) is 2.09. The molecule has 0 aliphatic carbocycles. The lowest BCUT2D eigenvalue weighted by atomic mass is 10.2. The number of carbonyl (C=O) groups excluding carboxylic acids is 3. The van der Waals surface area contributed by atoms with Gasteiger partial charge >= 0.3 is 11.8 Å². The van der Waals surface area contributed by atoms with Crippen molar-refractivity contribution < 1.29 is 28.6 Å². The van der Waals surface area contributed by atoms with Crippen molar-refractivity contribution in [1.29, 1.82) is 0 Å². The van der Waals surface area contributed by atoms with Crippen LogP contribution in [-0.4, -0.2) is 56.9 Å². The van der Waals surface area contributed by atoms with Crippen molar-refractivity contribution in [1.82, 2.24) is 10.7 Å². The maximum atomic E-state index is 12.0. The second-order valence-electron chi connectivity index (χ2n) is 7.36. The Kier molecular flexibility index (Phi) is 11.1. The first-order chi connectivity index (χ1) is 16.4. The molecule has 0 heterocycles. The number of amides is 3. The van der Waals surface area contributed by atoms with Crippen LogP contribution in [0.5, 0.6) is 11.5 Å². The zero-order valence-electron chi connectivity index (χ0n) is 19.5. The summed E-state index contributed by atoms with van der Waals surface area (Å²) < 4.78 is 15.9. The minimum absolute atomic E-state index is 0.124. The lowest BCUT2D eigenvalue weighted by molar-refractivity contribution is -0.139. The van der Waals surface area contributed by atoms with E-state index in [9.17, 15) is 14.4 Å². The van der Waals surface area contributed by atoms with E-state index >= 15 is 0 Å². The fourth-order valence-corrected chi connectivity index (χ4v) is 2.56. The molecule has 0 saturated carbocycles. The average molecular weight is 471 g/mol. The number of carbonyl (C=O) groups is 3. The van der Waals surface area contributed by atoms with Crippen molar-refractivity contribution in [3.63, 3.8) is 0 Å². The van der Waals surface area contributed by atoms with E-state index in [4.69, 9.17) is 14.2 Å². The van der Waals surface area contributed by atoms with Gasteiger partial charge in [-0.1, -0.05) is 0 Å². The average Bonchev–Trinajstić information content (AvgIpc) is 2.83. The first-order valence-electron chi connectivity index (χ1n) is 10.8. The molecule has 3 amide bonds. The molecule has 0 unspecified atom stereocenters. The highest BCUT2D eigenvalue weighted by Crippen LogP contribution is 2.15. The summed E-state index contributed by atoms with van der Waals surface area (Å²) in [5.74, 6) is -0.734. The van der Waals surface area contributed by atoms with Gasteiger partial charge in [0.15, 0.2) is 6.61 Å². The lowest BCUT2D eigenvalue weighted by Crippen LogP contribution is -2.38. The molecule has 2 aromatic carbocycles. The van der Waals surface area contributed by atoms with Crippen LogP contribution < -0.4 is 25.5 Å². The number of hydrazone groups is 1. The quantitative estimate of drug-likeness (QED) is 0.189. The summed E-state index contributed by atoms with van der Waals surface area (Å²) in [5, 5.41) is 8.99. The van der Waals surface area contributed by atoms with E-state index in [0.717, 1.165) is 0 Å². The summed E-state index contributed by atoms with van der Waals surface area (Å²) in [6.07, 6.45) is 2.12. The van der Waals surface area contributed by atoms with E-state index in [1.54, 1.807) is 55.6 Å². The van der Waals surface area contributed by atoms with Crippen LogP contribution in [0.3, 0.4) is 0 Å². The largest absolute Gasteiger partial charge is 0.497 e. The van der Waals surface area contributed by atoms with Crippen LogP contribution >= 0.6 is 0 Å². The Morgan fingerprint density at radius 1 is 0.971 bits per heavy atom. The highest BCUT2D eigenvalue weighted by atomic mass is 16.5. The molecule has 2 rings (SSSR count). The molecule has 0 aliphatic heterocycles. The first-order valence-corrected chi connectivity index (χ1v) is 10.8. The number of ether oxygens (including phenoxy) is 3. The summed E-state index contributed by atoms with van der Waals surface area (Å²) in [4.78, 5) is 35.5. The van der Waals surface area contributed by atoms with E-state index in [2.05, 4.69) is 21.2 Å². The van der Waals surface area contributed by atoms with Crippen LogP contribution in [0.15, 0.2) is 53.6 Å². The summed E-state index contributed by atoms with van der Waals surface area (Å²) >= 11 is 0. The molecule has 0 saturated heterocycles. The molecule has 0 fully saturated rings. The number of hydrogen-bond donors (Lipinski definition) is 3. The maximum absolute atomic E-state index is 12.0. The van der Waals surface area contributed by atoms with Crippen LogP contribution in [-0.2, 0) is 19.1 Å². The SMILES string of the molecule is COc1ccc(NC(=O)COc2ccc(/C=N\NC(=O)C(=O)NCCCOC(C)C)cc2)cc1. The zero-order chi connectivity index (χ0) is 24.8. The zero-order valence-corrected chi connectivity index (χ0v) is 19.5. The Balaban J connectivity index is 1.68. The molecule has 0 spiro atoms. The topological polar surface area (TPSA) is 127 Å². The fraction of sp³-hybridized carbons (Fsp3) is 0.333. The van der Waals surface area contributed by atoms with Crippen LogP contribution in [0, 0.1) is 0 Å². The lowest BCUT2D eigenvalue weighted by Gasteiger charge is -2.08. The van der Waals surface area contributed by atoms with E-state index < -0.39 is 11.8 Å². The molecule has 10 nitrogen and oxygen atoms in total. The van der Waals surface area contributed by atoms with Gasteiger partial charge in [0.1, 0.15) is 11.5 Å². The first kappa shape index (κ1) is 26.3. The Morgan fingerprint density at radius 2 is 1.65 bits per heavy atom. The molecule has 0 aliphatic rings. The van der Waals surface area contributed by atoms with Crippen molar-refractivity contribution in [2.45, 2.75) is 26.4 Å². The molecule has 34 heavy (non-hydrogen) atoms. The second kappa shape index (κ2) is 14.3. The van der Waals surface area contributed by atoms with E-state index in [-0.39, 0.29) is 18.6 Å². The summed E-state index contributed by atoms with van der Waals surface area (Å²) in [5.41, 5.74) is 3.47. The van der Waals surface area contributed by atoms with E-state index in [1.807, 2.05) is 13.8 Å².